The molecule has 0 amide bonds. The van der Waals surface area contributed by atoms with Crippen molar-refractivity contribution in [3.05, 3.63) is 24.2 Å². The topological polar surface area (TPSA) is 28.4 Å². The van der Waals surface area contributed by atoms with Crippen LogP contribution in [0, 0.1) is 0 Å². The molecule has 1 aliphatic rings. The van der Waals surface area contributed by atoms with E-state index in [2.05, 4.69) is 30.1 Å². The third-order valence-corrected chi connectivity index (χ3v) is 3.72. The van der Waals surface area contributed by atoms with Crippen LogP contribution in [0.2, 0.25) is 0 Å². The first-order valence-electron chi connectivity index (χ1n) is 6.79. The summed E-state index contributed by atoms with van der Waals surface area (Å²) in [6.45, 7) is 7.99. The van der Waals surface area contributed by atoms with Crippen molar-refractivity contribution in [2.75, 3.05) is 19.6 Å². The lowest BCUT2D eigenvalue weighted by atomic mass is 10.0. The minimum Gasteiger partial charge on any atom is -0.469 e. The van der Waals surface area contributed by atoms with Gasteiger partial charge in [0, 0.05) is 18.5 Å². The van der Waals surface area contributed by atoms with E-state index in [-0.39, 0.29) is 0 Å². The van der Waals surface area contributed by atoms with Gasteiger partial charge in [-0.15, -0.1) is 0 Å². The molecule has 3 heteroatoms. The summed E-state index contributed by atoms with van der Waals surface area (Å²) in [5.74, 6) is 1.10. The average molecular weight is 236 g/mol. The zero-order valence-corrected chi connectivity index (χ0v) is 11.0. The third-order valence-electron chi connectivity index (χ3n) is 3.72. The Labute approximate surface area is 104 Å². The Bertz CT molecular complexity index is 302. The van der Waals surface area contributed by atoms with Crippen molar-refractivity contribution in [2.24, 2.45) is 0 Å². The van der Waals surface area contributed by atoms with Gasteiger partial charge in [-0.05, 0) is 51.5 Å². The highest BCUT2D eigenvalue weighted by atomic mass is 16.3. The number of nitrogens with zero attached hydrogens (tertiary/aromatic N) is 1. The molecule has 0 saturated carbocycles. The first-order chi connectivity index (χ1) is 8.29. The molecule has 2 rings (SSSR count). The number of hydrogen-bond donors (Lipinski definition) is 1. The number of hydrogen-bond acceptors (Lipinski definition) is 3. The van der Waals surface area contributed by atoms with Crippen molar-refractivity contribution in [3.8, 4) is 0 Å². The lowest BCUT2D eigenvalue weighted by Gasteiger charge is -2.36. The van der Waals surface area contributed by atoms with Crippen molar-refractivity contribution >= 4 is 0 Å². The highest BCUT2D eigenvalue weighted by Gasteiger charge is 2.22. The molecule has 0 aliphatic carbocycles. The molecule has 1 atom stereocenters. The molecule has 0 aromatic carbocycles. The van der Waals surface area contributed by atoms with Crippen LogP contribution in [0.5, 0.6) is 0 Å². The van der Waals surface area contributed by atoms with Crippen LogP contribution in [0.1, 0.15) is 32.4 Å². The van der Waals surface area contributed by atoms with Crippen molar-refractivity contribution < 1.29 is 4.42 Å². The normalized spacial score (nSPS) is 20.6. The molecule has 1 fully saturated rings. The summed E-state index contributed by atoms with van der Waals surface area (Å²) in [4.78, 5) is 2.58. The first kappa shape index (κ1) is 12.7. The minimum absolute atomic E-state index is 0.587. The molecule has 1 aromatic rings. The smallest absolute Gasteiger partial charge is 0.105 e. The van der Waals surface area contributed by atoms with Crippen LogP contribution in [0.25, 0.3) is 0 Å². The van der Waals surface area contributed by atoms with E-state index in [4.69, 9.17) is 4.42 Å². The second-order valence-corrected chi connectivity index (χ2v) is 5.00. The Kier molecular flexibility index (Phi) is 4.63. The van der Waals surface area contributed by atoms with Gasteiger partial charge in [-0.2, -0.15) is 0 Å². The number of furan rings is 1. The van der Waals surface area contributed by atoms with E-state index in [1.54, 1.807) is 6.26 Å². The molecule has 2 heterocycles. The summed E-state index contributed by atoms with van der Waals surface area (Å²) in [5.41, 5.74) is 0. The van der Waals surface area contributed by atoms with Gasteiger partial charge in [0.25, 0.3) is 0 Å². The van der Waals surface area contributed by atoms with Crippen molar-refractivity contribution in [1.29, 1.82) is 0 Å². The van der Waals surface area contributed by atoms with E-state index in [9.17, 15) is 0 Å². The lowest BCUT2D eigenvalue weighted by molar-refractivity contribution is 0.148. The van der Waals surface area contributed by atoms with E-state index in [1.165, 1.54) is 25.9 Å². The van der Waals surface area contributed by atoms with Crippen LogP contribution in [-0.4, -0.2) is 36.6 Å². The summed E-state index contributed by atoms with van der Waals surface area (Å²) in [6.07, 6.45) is 5.34. The zero-order valence-electron chi connectivity index (χ0n) is 11.0. The highest BCUT2D eigenvalue weighted by Crippen LogP contribution is 2.16. The van der Waals surface area contributed by atoms with Gasteiger partial charge in [0.15, 0.2) is 0 Å². The van der Waals surface area contributed by atoms with E-state index in [0.29, 0.717) is 6.04 Å². The molecule has 1 aliphatic heterocycles. The van der Waals surface area contributed by atoms with Gasteiger partial charge in [-0.3, -0.25) is 0 Å². The molecule has 0 radical (unpaired) electrons. The maximum Gasteiger partial charge on any atom is 0.105 e. The summed E-state index contributed by atoms with van der Waals surface area (Å²) in [7, 11) is 0. The second-order valence-electron chi connectivity index (χ2n) is 5.00. The standard InChI is InChI=1S/C14H24N2O/c1-3-15-13-6-8-16(9-7-13)12(2)11-14-5-4-10-17-14/h4-5,10,12-13,15H,3,6-9,11H2,1-2H3. The molecule has 17 heavy (non-hydrogen) atoms. The van der Waals surface area contributed by atoms with Gasteiger partial charge in [0.05, 0.1) is 6.26 Å². The quantitative estimate of drug-likeness (QED) is 0.850. The average Bonchev–Trinajstić information content (AvgIpc) is 2.83. The number of piperidine rings is 1. The second kappa shape index (κ2) is 6.22. The Morgan fingerprint density at radius 2 is 2.24 bits per heavy atom. The molecule has 96 valence electrons. The maximum absolute atomic E-state index is 5.42. The molecule has 3 nitrogen and oxygen atoms in total. The van der Waals surface area contributed by atoms with Crippen LogP contribution in [-0.2, 0) is 6.42 Å². The zero-order chi connectivity index (χ0) is 12.1. The number of nitrogens with one attached hydrogen (secondary N) is 1. The predicted octanol–water partition coefficient (Wildman–Crippen LogP) is 2.28. The fourth-order valence-electron chi connectivity index (χ4n) is 2.68. The summed E-state index contributed by atoms with van der Waals surface area (Å²) < 4.78 is 5.42. The van der Waals surface area contributed by atoms with Crippen molar-refractivity contribution in [2.45, 2.75) is 45.2 Å². The highest BCUT2D eigenvalue weighted by molar-refractivity contribution is 5.00. The van der Waals surface area contributed by atoms with Crippen LogP contribution in [0.4, 0.5) is 0 Å². The Balaban J connectivity index is 1.76. The number of rotatable bonds is 5. The van der Waals surface area contributed by atoms with E-state index in [1.807, 2.05) is 6.07 Å². The lowest BCUT2D eigenvalue weighted by Crippen LogP contribution is -2.46. The van der Waals surface area contributed by atoms with Crippen LogP contribution >= 0.6 is 0 Å². The molecule has 1 N–H and O–H groups in total. The van der Waals surface area contributed by atoms with Crippen LogP contribution < -0.4 is 5.32 Å². The first-order valence-corrected chi connectivity index (χ1v) is 6.79. The van der Waals surface area contributed by atoms with Crippen LogP contribution in [0.3, 0.4) is 0 Å². The Morgan fingerprint density at radius 1 is 1.47 bits per heavy atom. The van der Waals surface area contributed by atoms with Gasteiger partial charge in [-0.25, -0.2) is 0 Å². The molecular formula is C14H24N2O. The van der Waals surface area contributed by atoms with Crippen molar-refractivity contribution in [1.82, 2.24) is 10.2 Å². The Hall–Kier alpha value is -0.800. The largest absolute Gasteiger partial charge is 0.469 e. The van der Waals surface area contributed by atoms with Gasteiger partial charge in [0.1, 0.15) is 5.76 Å². The molecule has 0 spiro atoms. The summed E-state index contributed by atoms with van der Waals surface area (Å²) in [6, 6.07) is 5.36. The monoisotopic (exact) mass is 236 g/mol. The maximum atomic E-state index is 5.42. The fraction of sp³-hybridized carbons (Fsp3) is 0.714. The molecule has 0 bridgehead atoms. The third kappa shape index (κ3) is 3.58. The van der Waals surface area contributed by atoms with Gasteiger partial charge in [-0.1, -0.05) is 6.92 Å². The van der Waals surface area contributed by atoms with Gasteiger partial charge >= 0.3 is 0 Å². The van der Waals surface area contributed by atoms with E-state index in [0.717, 1.165) is 24.8 Å². The summed E-state index contributed by atoms with van der Waals surface area (Å²) >= 11 is 0. The SMILES string of the molecule is CCNC1CCN(C(C)Cc2ccco2)CC1. The molecule has 1 saturated heterocycles. The molecule has 1 unspecified atom stereocenters. The Morgan fingerprint density at radius 3 is 2.82 bits per heavy atom. The fourth-order valence-corrected chi connectivity index (χ4v) is 2.68. The van der Waals surface area contributed by atoms with E-state index >= 15 is 0 Å². The van der Waals surface area contributed by atoms with E-state index < -0.39 is 0 Å². The van der Waals surface area contributed by atoms with Crippen molar-refractivity contribution in [3.63, 3.8) is 0 Å². The molecular weight excluding hydrogens is 212 g/mol. The van der Waals surface area contributed by atoms with Crippen LogP contribution in [0.15, 0.2) is 22.8 Å². The number of likely N-dealkylation sites (tertiary alicyclic amines) is 1. The molecule has 1 aromatic heterocycles. The summed E-state index contributed by atoms with van der Waals surface area (Å²) in [5, 5.41) is 3.54. The minimum atomic E-state index is 0.587. The van der Waals surface area contributed by atoms with Gasteiger partial charge < -0.3 is 14.6 Å². The predicted molar refractivity (Wildman–Crippen MR) is 70.1 cm³/mol. The van der Waals surface area contributed by atoms with Gasteiger partial charge in [0.2, 0.25) is 0 Å².